The molecule has 1 aliphatic heterocycles. The molecule has 1 fully saturated rings. The largest absolute Gasteiger partial charge is 0.395 e. The Morgan fingerprint density at radius 2 is 2.25 bits per heavy atom. The molecule has 28 heavy (non-hydrogen) atoms. The molecule has 3 rings (SSSR count). The zero-order valence-corrected chi connectivity index (χ0v) is 17.8. The topological polar surface area (TPSA) is 96.2 Å². The maximum Gasteiger partial charge on any atom is 0.256 e. The minimum absolute atomic E-state index is 0.0890. The summed E-state index contributed by atoms with van der Waals surface area (Å²) in [6.07, 6.45) is 1.51. The summed E-state index contributed by atoms with van der Waals surface area (Å²) >= 11 is 7.44. The van der Waals surface area contributed by atoms with Crippen LogP contribution in [0.15, 0.2) is 18.2 Å². The molecule has 7 nitrogen and oxygen atoms in total. The van der Waals surface area contributed by atoms with E-state index in [9.17, 15) is 14.7 Å². The van der Waals surface area contributed by atoms with Gasteiger partial charge in [0.2, 0.25) is 5.91 Å². The van der Waals surface area contributed by atoms with Crippen molar-refractivity contribution in [3.05, 3.63) is 33.1 Å². The van der Waals surface area contributed by atoms with E-state index in [0.29, 0.717) is 35.4 Å². The van der Waals surface area contributed by atoms with E-state index in [1.165, 1.54) is 16.0 Å². The summed E-state index contributed by atoms with van der Waals surface area (Å²) in [5.41, 5.74) is -1.25. The predicted molar refractivity (Wildman–Crippen MR) is 110 cm³/mol. The van der Waals surface area contributed by atoms with E-state index < -0.39 is 10.8 Å². The average molecular weight is 425 g/mol. The Morgan fingerprint density at radius 3 is 2.86 bits per heavy atom. The van der Waals surface area contributed by atoms with Crippen LogP contribution in [-0.2, 0) is 16.8 Å². The zero-order valence-electron chi connectivity index (χ0n) is 16.2. The first-order valence-electron chi connectivity index (χ1n) is 9.20. The number of rotatable bonds is 6. The van der Waals surface area contributed by atoms with E-state index >= 15 is 0 Å². The number of nitrogens with zero attached hydrogens (tertiary/aromatic N) is 2. The molecule has 0 radical (unpaired) electrons. The Bertz CT molecular complexity index is 892. The number of hydrogen-bond donors (Lipinski definition) is 3. The van der Waals surface area contributed by atoms with Crippen LogP contribution in [0, 0.1) is 5.41 Å². The highest BCUT2D eigenvalue weighted by Gasteiger charge is 2.41. The summed E-state index contributed by atoms with van der Waals surface area (Å²) in [5, 5.41) is 20.2. The van der Waals surface area contributed by atoms with Gasteiger partial charge >= 0.3 is 0 Å². The first kappa shape index (κ1) is 20.8. The lowest BCUT2D eigenvalue weighted by Gasteiger charge is -2.30. The van der Waals surface area contributed by atoms with Crippen LogP contribution in [0.1, 0.15) is 49.0 Å². The van der Waals surface area contributed by atoms with Crippen molar-refractivity contribution < 1.29 is 14.7 Å². The number of amides is 1. The molecule has 1 amide bonds. The lowest BCUT2D eigenvalue weighted by molar-refractivity contribution is -0.128. The SMILES string of the molecule is CC(C)(CO)C(=O)n1nc(C2(C)CCCNC2=O)cc1NCc1ccc(Cl)s1. The van der Waals surface area contributed by atoms with Gasteiger partial charge in [0.1, 0.15) is 5.82 Å². The van der Waals surface area contributed by atoms with Crippen molar-refractivity contribution in [3.8, 4) is 0 Å². The molecule has 1 atom stereocenters. The second kappa shape index (κ2) is 7.85. The second-order valence-corrected chi connectivity index (χ2v) is 9.72. The minimum atomic E-state index is -0.998. The van der Waals surface area contributed by atoms with Gasteiger partial charge in [0.05, 0.1) is 34.0 Å². The third-order valence-corrected chi connectivity index (χ3v) is 6.39. The Morgan fingerprint density at radius 1 is 1.50 bits per heavy atom. The number of hydrogen-bond acceptors (Lipinski definition) is 6. The zero-order chi connectivity index (χ0) is 20.5. The van der Waals surface area contributed by atoms with Gasteiger partial charge in [0.25, 0.3) is 5.91 Å². The van der Waals surface area contributed by atoms with E-state index in [1.807, 2.05) is 19.1 Å². The van der Waals surface area contributed by atoms with E-state index in [2.05, 4.69) is 15.7 Å². The van der Waals surface area contributed by atoms with Crippen molar-refractivity contribution in [2.75, 3.05) is 18.5 Å². The lowest BCUT2D eigenvalue weighted by Crippen LogP contribution is -2.47. The molecule has 3 N–H and O–H groups in total. The van der Waals surface area contributed by atoms with Crippen molar-refractivity contribution in [2.24, 2.45) is 5.41 Å². The number of anilines is 1. The van der Waals surface area contributed by atoms with Crippen LogP contribution in [0.3, 0.4) is 0 Å². The van der Waals surface area contributed by atoms with Crippen LogP contribution in [-0.4, -0.2) is 39.9 Å². The standard InChI is InChI=1S/C19H25ClN4O3S/c1-18(2,11-25)17(27)24-15(22-10-12-5-6-14(20)28-12)9-13(23-24)19(3)7-4-8-21-16(19)26/h5-6,9,22,25H,4,7-8,10-11H2,1-3H3,(H,21,26). The molecule has 9 heteroatoms. The third kappa shape index (κ3) is 3.94. The first-order chi connectivity index (χ1) is 13.2. The summed E-state index contributed by atoms with van der Waals surface area (Å²) in [4.78, 5) is 26.5. The van der Waals surface area contributed by atoms with Gasteiger partial charge in [-0.2, -0.15) is 9.78 Å². The highest BCUT2D eigenvalue weighted by atomic mass is 35.5. The number of piperidine rings is 1. The Balaban J connectivity index is 1.96. The molecule has 2 aromatic heterocycles. The number of halogens is 1. The Kier molecular flexibility index (Phi) is 5.84. The molecule has 1 saturated heterocycles. The lowest BCUT2D eigenvalue weighted by atomic mass is 9.79. The van der Waals surface area contributed by atoms with Crippen molar-refractivity contribution >= 4 is 40.6 Å². The fraction of sp³-hybridized carbons (Fsp3) is 0.526. The van der Waals surface area contributed by atoms with Crippen molar-refractivity contribution in [3.63, 3.8) is 0 Å². The fourth-order valence-corrected chi connectivity index (χ4v) is 4.13. The second-order valence-electron chi connectivity index (χ2n) is 7.92. The van der Waals surface area contributed by atoms with Gasteiger partial charge in [0, 0.05) is 17.5 Å². The van der Waals surface area contributed by atoms with Gasteiger partial charge in [0.15, 0.2) is 0 Å². The van der Waals surface area contributed by atoms with Crippen LogP contribution < -0.4 is 10.6 Å². The smallest absolute Gasteiger partial charge is 0.256 e. The van der Waals surface area contributed by atoms with Crippen molar-refractivity contribution in [1.29, 1.82) is 0 Å². The van der Waals surface area contributed by atoms with E-state index in [-0.39, 0.29) is 18.4 Å². The number of nitrogens with one attached hydrogen (secondary N) is 2. The molecule has 0 spiro atoms. The number of carbonyl (C=O) groups is 2. The highest BCUT2D eigenvalue weighted by molar-refractivity contribution is 7.16. The normalized spacial score (nSPS) is 20.1. The van der Waals surface area contributed by atoms with E-state index in [0.717, 1.165) is 11.3 Å². The molecule has 152 valence electrons. The first-order valence-corrected chi connectivity index (χ1v) is 10.4. The van der Waals surface area contributed by atoms with Crippen LogP contribution in [0.25, 0.3) is 0 Å². The molecule has 0 aromatic carbocycles. The molecular weight excluding hydrogens is 400 g/mol. The number of aromatic nitrogens is 2. The van der Waals surface area contributed by atoms with Crippen molar-refractivity contribution in [2.45, 2.75) is 45.6 Å². The molecule has 1 aliphatic rings. The van der Waals surface area contributed by atoms with Gasteiger partial charge in [-0.1, -0.05) is 11.6 Å². The van der Waals surface area contributed by atoms with Crippen molar-refractivity contribution in [1.82, 2.24) is 15.1 Å². The fourth-order valence-electron chi connectivity index (χ4n) is 3.11. The highest BCUT2D eigenvalue weighted by Crippen LogP contribution is 2.33. The number of carbonyl (C=O) groups excluding carboxylic acids is 2. The summed E-state index contributed by atoms with van der Waals surface area (Å²) in [5.74, 6) is 0.0623. The summed E-state index contributed by atoms with van der Waals surface area (Å²) in [7, 11) is 0. The van der Waals surface area contributed by atoms with Crippen LogP contribution in [0.2, 0.25) is 4.34 Å². The van der Waals surface area contributed by atoms with Crippen LogP contribution in [0.5, 0.6) is 0 Å². The average Bonchev–Trinajstić information content (AvgIpc) is 3.28. The number of thiophene rings is 1. The van der Waals surface area contributed by atoms with E-state index in [1.54, 1.807) is 19.9 Å². The molecule has 1 unspecified atom stereocenters. The Hall–Kier alpha value is -1.90. The van der Waals surface area contributed by atoms with Gasteiger partial charge < -0.3 is 15.7 Å². The number of aliphatic hydroxyl groups excluding tert-OH is 1. The van der Waals surface area contributed by atoms with Gasteiger partial charge in [-0.3, -0.25) is 9.59 Å². The molecular formula is C19H25ClN4O3S. The summed E-state index contributed by atoms with van der Waals surface area (Å²) in [6, 6.07) is 5.49. The van der Waals surface area contributed by atoms with Crippen LogP contribution in [0.4, 0.5) is 5.82 Å². The molecule has 0 aliphatic carbocycles. The maximum atomic E-state index is 13.0. The van der Waals surface area contributed by atoms with Gasteiger partial charge in [-0.15, -0.1) is 11.3 Å². The summed E-state index contributed by atoms with van der Waals surface area (Å²) < 4.78 is 1.96. The minimum Gasteiger partial charge on any atom is -0.395 e. The third-order valence-electron chi connectivity index (χ3n) is 5.15. The van der Waals surface area contributed by atoms with Gasteiger partial charge in [-0.05, 0) is 45.7 Å². The summed E-state index contributed by atoms with van der Waals surface area (Å²) in [6.45, 7) is 5.98. The van der Waals surface area contributed by atoms with E-state index in [4.69, 9.17) is 11.6 Å². The van der Waals surface area contributed by atoms with Gasteiger partial charge in [-0.25, -0.2) is 0 Å². The van der Waals surface area contributed by atoms with Crippen LogP contribution >= 0.6 is 22.9 Å². The molecule has 0 saturated carbocycles. The number of aliphatic hydroxyl groups is 1. The quantitative estimate of drug-likeness (QED) is 0.662. The molecule has 0 bridgehead atoms. The maximum absolute atomic E-state index is 13.0. The molecule has 2 aromatic rings. The Labute approximate surface area is 173 Å². The molecule has 3 heterocycles. The predicted octanol–water partition coefficient (Wildman–Crippen LogP) is 3.04. The monoisotopic (exact) mass is 424 g/mol.